The van der Waals surface area contributed by atoms with Gasteiger partial charge in [0.15, 0.2) is 5.96 Å². The molecule has 0 aliphatic carbocycles. The SMILES string of the molecule is CCNC(=NCC(c1c(F)cccc1F)N(C)C)NC1CCc2ncnn2C1.I. The molecule has 1 aromatic carbocycles. The molecule has 3 rings (SSSR count). The van der Waals surface area contributed by atoms with Crippen LogP contribution in [-0.2, 0) is 13.0 Å². The molecule has 2 heterocycles. The van der Waals surface area contributed by atoms with Gasteiger partial charge < -0.3 is 15.5 Å². The van der Waals surface area contributed by atoms with Gasteiger partial charge in [0.05, 0.1) is 19.1 Å². The van der Waals surface area contributed by atoms with Gasteiger partial charge in [0.1, 0.15) is 23.8 Å². The molecule has 1 aromatic heterocycles. The van der Waals surface area contributed by atoms with Gasteiger partial charge in [0.25, 0.3) is 0 Å². The Labute approximate surface area is 187 Å². The lowest BCUT2D eigenvalue weighted by atomic mass is 10.0. The summed E-state index contributed by atoms with van der Waals surface area (Å²) in [6.07, 6.45) is 3.33. The number of hydrogen-bond donors (Lipinski definition) is 2. The Bertz CT molecular complexity index is 804. The summed E-state index contributed by atoms with van der Waals surface area (Å²) in [4.78, 5) is 10.6. The molecular formula is C19H28F2IN7. The van der Waals surface area contributed by atoms with Gasteiger partial charge in [0.2, 0.25) is 0 Å². The molecule has 29 heavy (non-hydrogen) atoms. The van der Waals surface area contributed by atoms with Crippen LogP contribution in [0.4, 0.5) is 8.78 Å². The van der Waals surface area contributed by atoms with Gasteiger partial charge in [-0.25, -0.2) is 18.4 Å². The summed E-state index contributed by atoms with van der Waals surface area (Å²) < 4.78 is 30.4. The summed E-state index contributed by atoms with van der Waals surface area (Å²) in [7, 11) is 3.58. The Morgan fingerprint density at radius 3 is 2.72 bits per heavy atom. The third kappa shape index (κ3) is 5.84. The quantitative estimate of drug-likeness (QED) is 0.349. The normalized spacial score (nSPS) is 17.4. The van der Waals surface area contributed by atoms with E-state index >= 15 is 0 Å². The smallest absolute Gasteiger partial charge is 0.191 e. The number of aliphatic imine (C=N–C) groups is 1. The second-order valence-corrected chi connectivity index (χ2v) is 7.07. The third-order valence-electron chi connectivity index (χ3n) is 4.87. The van der Waals surface area contributed by atoms with Crippen LogP contribution in [-0.4, -0.2) is 58.9 Å². The summed E-state index contributed by atoms with van der Waals surface area (Å²) in [6, 6.07) is 3.58. The van der Waals surface area contributed by atoms with E-state index in [1.165, 1.54) is 18.2 Å². The summed E-state index contributed by atoms with van der Waals surface area (Å²) in [6.45, 7) is 3.60. The molecule has 0 radical (unpaired) electrons. The van der Waals surface area contributed by atoms with Crippen LogP contribution in [0, 0.1) is 11.6 Å². The minimum absolute atomic E-state index is 0. The van der Waals surface area contributed by atoms with Gasteiger partial charge in [0, 0.05) is 24.6 Å². The molecule has 0 amide bonds. The van der Waals surface area contributed by atoms with E-state index in [0.717, 1.165) is 18.7 Å². The highest BCUT2D eigenvalue weighted by Crippen LogP contribution is 2.24. The highest BCUT2D eigenvalue weighted by molar-refractivity contribution is 14.0. The molecule has 7 nitrogen and oxygen atoms in total. The molecule has 0 saturated carbocycles. The zero-order valence-corrected chi connectivity index (χ0v) is 19.2. The molecule has 1 aliphatic heterocycles. The number of rotatable bonds is 6. The first kappa shape index (κ1) is 23.5. The molecule has 0 saturated heterocycles. The fourth-order valence-corrected chi connectivity index (χ4v) is 3.39. The summed E-state index contributed by atoms with van der Waals surface area (Å²) >= 11 is 0. The van der Waals surface area contributed by atoms with Crippen LogP contribution >= 0.6 is 24.0 Å². The third-order valence-corrected chi connectivity index (χ3v) is 4.87. The highest BCUT2D eigenvalue weighted by Gasteiger charge is 2.23. The number of nitrogens with one attached hydrogen (secondary N) is 2. The van der Waals surface area contributed by atoms with E-state index in [-0.39, 0.29) is 42.1 Å². The van der Waals surface area contributed by atoms with E-state index in [0.29, 0.717) is 19.0 Å². The zero-order valence-electron chi connectivity index (χ0n) is 16.9. The van der Waals surface area contributed by atoms with Gasteiger partial charge >= 0.3 is 0 Å². The van der Waals surface area contributed by atoms with Crippen molar-refractivity contribution in [3.63, 3.8) is 0 Å². The Morgan fingerprint density at radius 2 is 2.07 bits per heavy atom. The Hall–Kier alpha value is -1.82. The minimum atomic E-state index is -0.558. The van der Waals surface area contributed by atoms with Gasteiger partial charge in [-0.15, -0.1) is 24.0 Å². The average molecular weight is 519 g/mol. The van der Waals surface area contributed by atoms with Crippen LogP contribution < -0.4 is 10.6 Å². The van der Waals surface area contributed by atoms with E-state index in [2.05, 4.69) is 25.7 Å². The van der Waals surface area contributed by atoms with E-state index in [1.54, 1.807) is 25.3 Å². The summed E-state index contributed by atoms with van der Waals surface area (Å²) in [5.41, 5.74) is 0.0389. The first-order chi connectivity index (χ1) is 13.5. The van der Waals surface area contributed by atoms with Crippen LogP contribution in [0.15, 0.2) is 29.5 Å². The molecular weight excluding hydrogens is 491 g/mol. The fourth-order valence-electron chi connectivity index (χ4n) is 3.39. The van der Waals surface area contributed by atoms with Crippen molar-refractivity contribution in [2.75, 3.05) is 27.2 Å². The molecule has 10 heteroatoms. The number of guanidine groups is 1. The number of nitrogens with zero attached hydrogens (tertiary/aromatic N) is 5. The largest absolute Gasteiger partial charge is 0.357 e. The van der Waals surface area contributed by atoms with Crippen molar-refractivity contribution in [2.45, 2.75) is 38.4 Å². The van der Waals surface area contributed by atoms with E-state index < -0.39 is 17.7 Å². The van der Waals surface area contributed by atoms with Crippen molar-refractivity contribution in [1.82, 2.24) is 30.3 Å². The fraction of sp³-hybridized carbons (Fsp3) is 0.526. The molecule has 2 aromatic rings. The predicted molar refractivity (Wildman–Crippen MR) is 119 cm³/mol. The number of halogens is 3. The van der Waals surface area contributed by atoms with E-state index in [9.17, 15) is 8.78 Å². The van der Waals surface area contributed by atoms with Crippen LogP contribution in [0.1, 0.15) is 30.8 Å². The van der Waals surface area contributed by atoms with Gasteiger partial charge in [-0.2, -0.15) is 5.10 Å². The van der Waals surface area contributed by atoms with Crippen molar-refractivity contribution in [1.29, 1.82) is 0 Å². The second-order valence-electron chi connectivity index (χ2n) is 7.07. The highest BCUT2D eigenvalue weighted by atomic mass is 127. The van der Waals surface area contributed by atoms with Gasteiger partial charge in [-0.1, -0.05) is 6.07 Å². The lowest BCUT2D eigenvalue weighted by Gasteiger charge is -2.27. The number of likely N-dealkylation sites (N-methyl/N-ethyl adjacent to an activating group) is 1. The van der Waals surface area contributed by atoms with E-state index in [4.69, 9.17) is 0 Å². The maximum absolute atomic E-state index is 14.3. The molecule has 0 fully saturated rings. The van der Waals surface area contributed by atoms with Crippen molar-refractivity contribution < 1.29 is 8.78 Å². The average Bonchev–Trinajstić information content (AvgIpc) is 3.11. The van der Waals surface area contributed by atoms with Gasteiger partial charge in [-0.05, 0) is 39.6 Å². The van der Waals surface area contributed by atoms with Crippen LogP contribution in [0.2, 0.25) is 0 Å². The number of hydrogen-bond acceptors (Lipinski definition) is 4. The van der Waals surface area contributed by atoms with Crippen LogP contribution in [0.5, 0.6) is 0 Å². The molecule has 0 bridgehead atoms. The Balaban J connectivity index is 0.00000300. The maximum atomic E-state index is 14.3. The van der Waals surface area contributed by atoms with Crippen molar-refractivity contribution in [3.05, 3.63) is 47.5 Å². The number of aromatic nitrogens is 3. The lowest BCUT2D eigenvalue weighted by Crippen LogP contribution is -2.47. The minimum Gasteiger partial charge on any atom is -0.357 e. The monoisotopic (exact) mass is 519 g/mol. The number of aryl methyl sites for hydroxylation is 1. The molecule has 2 atom stereocenters. The number of fused-ring (bicyclic) bond motifs is 1. The second kappa shape index (κ2) is 10.8. The standard InChI is InChI=1S/C19H27F2N7.HI/c1-4-22-19(26-13-8-9-17-24-12-25-28(17)11-13)23-10-16(27(2)3)18-14(20)6-5-7-15(18)21;/h5-7,12-13,16H,4,8-11H2,1-3H3,(H2,22,23,26);1H. The zero-order chi connectivity index (χ0) is 20.1. The Kier molecular flexibility index (Phi) is 8.75. The van der Waals surface area contributed by atoms with E-state index in [1.807, 2.05) is 11.6 Å². The summed E-state index contributed by atoms with van der Waals surface area (Å²) in [5.74, 6) is 0.498. The molecule has 2 unspecified atom stereocenters. The van der Waals surface area contributed by atoms with Gasteiger partial charge in [-0.3, -0.25) is 4.99 Å². The molecule has 160 valence electrons. The lowest BCUT2D eigenvalue weighted by molar-refractivity contribution is 0.289. The van der Waals surface area contributed by atoms with Crippen molar-refractivity contribution in [3.8, 4) is 0 Å². The molecule has 2 N–H and O–H groups in total. The number of benzene rings is 1. The van der Waals surface area contributed by atoms with Crippen LogP contribution in [0.3, 0.4) is 0 Å². The Morgan fingerprint density at radius 1 is 1.34 bits per heavy atom. The van der Waals surface area contributed by atoms with Crippen molar-refractivity contribution >= 4 is 29.9 Å². The topological polar surface area (TPSA) is 70.4 Å². The maximum Gasteiger partial charge on any atom is 0.191 e. The van der Waals surface area contributed by atoms with Crippen molar-refractivity contribution in [2.24, 2.45) is 4.99 Å². The first-order valence-corrected chi connectivity index (χ1v) is 9.51. The van der Waals surface area contributed by atoms with Crippen LogP contribution in [0.25, 0.3) is 0 Å². The molecule has 1 aliphatic rings. The predicted octanol–water partition coefficient (Wildman–Crippen LogP) is 2.35. The summed E-state index contributed by atoms with van der Waals surface area (Å²) in [5, 5.41) is 10.8. The first-order valence-electron chi connectivity index (χ1n) is 9.51. The molecule has 0 spiro atoms.